The summed E-state index contributed by atoms with van der Waals surface area (Å²) in [5.74, 6) is 0.484. The lowest BCUT2D eigenvalue weighted by Gasteiger charge is -2.35. The second-order valence-corrected chi connectivity index (χ2v) is 10.8. The molecule has 10 heteroatoms. The van der Waals surface area contributed by atoms with Crippen LogP contribution in [0.2, 0.25) is 0 Å². The first-order chi connectivity index (χ1) is 18.2. The zero-order valence-corrected chi connectivity index (χ0v) is 22.7. The first-order valence-corrected chi connectivity index (χ1v) is 13.4. The van der Waals surface area contributed by atoms with Gasteiger partial charge in [-0.3, -0.25) is 14.4 Å². The van der Waals surface area contributed by atoms with Crippen LogP contribution in [0.15, 0.2) is 55.3 Å². The number of hydrogen-bond acceptors (Lipinski definition) is 7. The quantitative estimate of drug-likeness (QED) is 0.407. The summed E-state index contributed by atoms with van der Waals surface area (Å²) in [6, 6.07) is 10.7. The predicted octanol–water partition coefficient (Wildman–Crippen LogP) is 4.71. The van der Waals surface area contributed by atoms with Gasteiger partial charge in [0.2, 0.25) is 11.8 Å². The minimum atomic E-state index is -0.313. The fourth-order valence-corrected chi connectivity index (χ4v) is 4.83. The van der Waals surface area contributed by atoms with Crippen LogP contribution in [0.3, 0.4) is 0 Å². The lowest BCUT2D eigenvalue weighted by molar-refractivity contribution is -0.133. The highest BCUT2D eigenvalue weighted by molar-refractivity contribution is 7.15. The maximum Gasteiger partial charge on any atom is 0.254 e. The first kappa shape index (κ1) is 27.0. The number of aryl methyl sites for hydroxylation is 1. The molecule has 4 rings (SSSR count). The normalized spacial score (nSPS) is 13.4. The molecule has 3 heterocycles. The molecule has 0 spiro atoms. The Morgan fingerprint density at radius 3 is 2.50 bits per heavy atom. The van der Waals surface area contributed by atoms with Gasteiger partial charge in [0.1, 0.15) is 5.82 Å². The van der Waals surface area contributed by atoms with E-state index in [0.29, 0.717) is 66.4 Å². The van der Waals surface area contributed by atoms with E-state index >= 15 is 0 Å². The number of carbonyl (C=O) groups excluding carboxylic acids is 3. The molecule has 9 nitrogen and oxygen atoms in total. The van der Waals surface area contributed by atoms with E-state index < -0.39 is 0 Å². The van der Waals surface area contributed by atoms with Gasteiger partial charge in [-0.1, -0.05) is 32.6 Å². The van der Waals surface area contributed by atoms with Crippen molar-refractivity contribution in [3.63, 3.8) is 0 Å². The maximum absolute atomic E-state index is 13.6. The highest BCUT2D eigenvalue weighted by Gasteiger charge is 2.26. The molecule has 1 aromatic carbocycles. The molecule has 198 valence electrons. The number of pyridine rings is 1. The minimum Gasteiger partial charge on any atom is -0.339 e. The van der Waals surface area contributed by atoms with Gasteiger partial charge in [0.15, 0.2) is 5.13 Å². The van der Waals surface area contributed by atoms with Gasteiger partial charge in [-0.15, -0.1) is 11.3 Å². The second kappa shape index (κ2) is 12.0. The third-order valence-electron chi connectivity index (χ3n) is 6.04. The smallest absolute Gasteiger partial charge is 0.254 e. The number of rotatable bonds is 8. The summed E-state index contributed by atoms with van der Waals surface area (Å²) in [5.41, 5.74) is 2.39. The molecule has 2 aromatic heterocycles. The Hall–Kier alpha value is -4.05. The fourth-order valence-electron chi connectivity index (χ4n) is 4.16. The van der Waals surface area contributed by atoms with E-state index in [1.165, 1.54) is 17.4 Å². The van der Waals surface area contributed by atoms with E-state index in [-0.39, 0.29) is 17.7 Å². The number of piperazine rings is 1. The lowest BCUT2D eigenvalue weighted by Crippen LogP contribution is -2.50. The zero-order chi connectivity index (χ0) is 27.2. The van der Waals surface area contributed by atoms with Crippen molar-refractivity contribution in [1.82, 2.24) is 19.8 Å². The predicted molar refractivity (Wildman–Crippen MR) is 151 cm³/mol. The number of amides is 3. The molecule has 3 amide bonds. The van der Waals surface area contributed by atoms with Gasteiger partial charge < -0.3 is 20.4 Å². The van der Waals surface area contributed by atoms with Gasteiger partial charge in [-0.05, 0) is 43.2 Å². The summed E-state index contributed by atoms with van der Waals surface area (Å²) in [6.07, 6.45) is 3.49. The SMILES string of the molecule is C=CC(=O)Nc1cccc(-c2cc(C(=O)N3CCN(C(=O)CC(C)C)CC3)cc(Nc3ncc(C)s3)n2)c1. The molecular weight excluding hydrogens is 500 g/mol. The summed E-state index contributed by atoms with van der Waals surface area (Å²) in [7, 11) is 0. The Morgan fingerprint density at radius 1 is 1.11 bits per heavy atom. The molecule has 0 radical (unpaired) electrons. The molecule has 0 aliphatic carbocycles. The number of nitrogens with one attached hydrogen (secondary N) is 2. The third kappa shape index (κ3) is 6.83. The van der Waals surface area contributed by atoms with Crippen molar-refractivity contribution >= 4 is 45.7 Å². The Labute approximate surface area is 226 Å². The largest absolute Gasteiger partial charge is 0.339 e. The summed E-state index contributed by atoms with van der Waals surface area (Å²) in [6.45, 7) is 11.5. The molecular formula is C28H32N6O3S. The topological polar surface area (TPSA) is 108 Å². The molecule has 38 heavy (non-hydrogen) atoms. The second-order valence-electron chi connectivity index (χ2n) is 9.57. The number of carbonyl (C=O) groups is 3. The summed E-state index contributed by atoms with van der Waals surface area (Å²) < 4.78 is 0. The van der Waals surface area contributed by atoms with Gasteiger partial charge in [-0.25, -0.2) is 9.97 Å². The number of aromatic nitrogens is 2. The van der Waals surface area contributed by atoms with Crippen LogP contribution < -0.4 is 10.6 Å². The number of thiazole rings is 1. The van der Waals surface area contributed by atoms with Gasteiger partial charge in [0, 0.05) is 60.5 Å². The zero-order valence-electron chi connectivity index (χ0n) is 21.9. The number of nitrogens with zero attached hydrogens (tertiary/aromatic N) is 4. The molecule has 2 N–H and O–H groups in total. The van der Waals surface area contributed by atoms with E-state index in [1.54, 1.807) is 35.4 Å². The lowest BCUT2D eigenvalue weighted by atomic mass is 10.1. The van der Waals surface area contributed by atoms with E-state index in [1.807, 2.05) is 37.8 Å². The molecule has 0 saturated carbocycles. The van der Waals surface area contributed by atoms with Crippen molar-refractivity contribution in [1.29, 1.82) is 0 Å². The van der Waals surface area contributed by atoms with Crippen molar-refractivity contribution < 1.29 is 14.4 Å². The average molecular weight is 533 g/mol. The fraction of sp³-hybridized carbons (Fsp3) is 0.321. The molecule has 1 aliphatic heterocycles. The van der Waals surface area contributed by atoms with Gasteiger partial charge in [0.25, 0.3) is 5.91 Å². The standard InChI is InChI=1S/C28H32N6O3S/c1-5-25(35)30-22-8-6-7-20(14-22)23-15-21(16-24(31-23)32-28-29-17-19(4)38-28)27(37)34-11-9-33(10-12-34)26(36)13-18(2)3/h5-8,14-18H,1,9-13H2,2-4H3,(H,30,35)(H,29,31,32). The van der Waals surface area contributed by atoms with E-state index in [9.17, 15) is 14.4 Å². The Kier molecular flexibility index (Phi) is 8.52. The van der Waals surface area contributed by atoms with E-state index in [2.05, 4.69) is 22.2 Å². The van der Waals surface area contributed by atoms with Crippen LogP contribution in [0.1, 0.15) is 35.5 Å². The highest BCUT2D eigenvalue weighted by Crippen LogP contribution is 2.28. The summed E-state index contributed by atoms with van der Waals surface area (Å²) in [5, 5.41) is 6.65. The van der Waals surface area contributed by atoms with Crippen LogP contribution in [0, 0.1) is 12.8 Å². The average Bonchev–Trinajstić information content (AvgIpc) is 3.32. The van der Waals surface area contributed by atoms with Crippen molar-refractivity contribution in [3.05, 3.63) is 65.7 Å². The number of hydrogen-bond donors (Lipinski definition) is 2. The molecule has 0 atom stereocenters. The van der Waals surface area contributed by atoms with Crippen molar-refractivity contribution in [3.8, 4) is 11.3 Å². The molecule has 1 aliphatic rings. The molecule has 1 fully saturated rings. The van der Waals surface area contributed by atoms with Gasteiger partial charge in [0.05, 0.1) is 5.69 Å². The number of benzene rings is 1. The van der Waals surface area contributed by atoms with E-state index in [4.69, 9.17) is 4.98 Å². The monoisotopic (exact) mass is 532 g/mol. The van der Waals surface area contributed by atoms with Crippen LogP contribution in [-0.4, -0.2) is 63.7 Å². The minimum absolute atomic E-state index is 0.126. The van der Waals surface area contributed by atoms with Crippen LogP contribution in [-0.2, 0) is 9.59 Å². The Bertz CT molecular complexity index is 1340. The van der Waals surface area contributed by atoms with E-state index in [0.717, 1.165) is 10.4 Å². The summed E-state index contributed by atoms with van der Waals surface area (Å²) in [4.78, 5) is 51.6. The Morgan fingerprint density at radius 2 is 1.84 bits per heavy atom. The molecule has 3 aromatic rings. The highest BCUT2D eigenvalue weighted by atomic mass is 32.1. The van der Waals surface area contributed by atoms with Crippen LogP contribution in [0.5, 0.6) is 0 Å². The first-order valence-electron chi connectivity index (χ1n) is 12.5. The van der Waals surface area contributed by atoms with Crippen LogP contribution in [0.4, 0.5) is 16.6 Å². The van der Waals surface area contributed by atoms with Crippen molar-refractivity contribution in [2.24, 2.45) is 5.92 Å². The molecule has 0 bridgehead atoms. The van der Waals surface area contributed by atoms with Crippen molar-refractivity contribution in [2.75, 3.05) is 36.8 Å². The maximum atomic E-state index is 13.6. The van der Waals surface area contributed by atoms with Crippen molar-refractivity contribution in [2.45, 2.75) is 27.2 Å². The van der Waals surface area contributed by atoms with Gasteiger partial charge >= 0.3 is 0 Å². The Balaban J connectivity index is 1.60. The van der Waals surface area contributed by atoms with Crippen LogP contribution in [0.25, 0.3) is 11.3 Å². The third-order valence-corrected chi connectivity index (χ3v) is 6.87. The molecule has 1 saturated heterocycles. The number of anilines is 3. The van der Waals surface area contributed by atoms with Gasteiger partial charge in [-0.2, -0.15) is 0 Å². The summed E-state index contributed by atoms with van der Waals surface area (Å²) >= 11 is 1.49. The van der Waals surface area contributed by atoms with Crippen LogP contribution >= 0.6 is 11.3 Å². The molecule has 0 unspecified atom stereocenters.